The van der Waals surface area contributed by atoms with Crippen molar-refractivity contribution < 1.29 is 19.1 Å². The monoisotopic (exact) mass is 428 g/mol. The number of hydrogen-bond donors (Lipinski definition) is 1. The van der Waals surface area contributed by atoms with Crippen LogP contribution in [0.5, 0.6) is 5.75 Å². The van der Waals surface area contributed by atoms with E-state index in [-0.39, 0.29) is 18.2 Å². The average molecular weight is 429 g/mol. The van der Waals surface area contributed by atoms with Gasteiger partial charge in [0.2, 0.25) is 0 Å². The fraction of sp³-hybridized carbons (Fsp3) is 0.435. The van der Waals surface area contributed by atoms with Crippen LogP contribution >= 0.6 is 11.6 Å². The highest BCUT2D eigenvalue weighted by Gasteiger charge is 2.42. The van der Waals surface area contributed by atoms with Crippen molar-refractivity contribution in [1.29, 1.82) is 0 Å². The van der Waals surface area contributed by atoms with Gasteiger partial charge >= 0.3 is 0 Å². The Morgan fingerprint density at radius 3 is 2.20 bits per heavy atom. The van der Waals surface area contributed by atoms with Crippen LogP contribution in [-0.2, 0) is 14.4 Å². The molecule has 0 saturated carbocycles. The smallest absolute Gasteiger partial charge is 0.255 e. The van der Waals surface area contributed by atoms with E-state index in [1.165, 1.54) is 0 Å². The predicted molar refractivity (Wildman–Crippen MR) is 113 cm³/mol. The largest absolute Gasteiger partial charge is 0.482 e. The molecule has 30 heavy (non-hydrogen) atoms. The van der Waals surface area contributed by atoms with Gasteiger partial charge in [0.25, 0.3) is 5.91 Å². The minimum absolute atomic E-state index is 0.106. The molecule has 2 N–H and O–H groups in total. The molecule has 1 heterocycles. The molecule has 0 bridgehead atoms. The van der Waals surface area contributed by atoms with Gasteiger partial charge in [-0.1, -0.05) is 17.7 Å². The number of primary amides is 1. The Balaban J connectivity index is 1.84. The van der Waals surface area contributed by atoms with Crippen molar-refractivity contribution in [2.45, 2.75) is 51.4 Å². The lowest BCUT2D eigenvalue weighted by atomic mass is 9.71. The highest BCUT2D eigenvalue weighted by atomic mass is 35.5. The lowest BCUT2D eigenvalue weighted by Crippen LogP contribution is -2.39. The summed E-state index contributed by atoms with van der Waals surface area (Å²) in [6.45, 7) is 2.54. The van der Waals surface area contributed by atoms with Crippen LogP contribution in [0.25, 0.3) is 0 Å². The Morgan fingerprint density at radius 2 is 1.70 bits per heavy atom. The summed E-state index contributed by atoms with van der Waals surface area (Å²) in [5.41, 5.74) is 9.52. The molecule has 1 aliphatic heterocycles. The van der Waals surface area contributed by atoms with Crippen LogP contribution in [0, 0.1) is 0 Å². The molecule has 2 aliphatic carbocycles. The highest BCUT2D eigenvalue weighted by molar-refractivity contribution is 6.32. The average Bonchev–Trinajstić information content (AvgIpc) is 2.71. The van der Waals surface area contributed by atoms with Crippen molar-refractivity contribution in [2.75, 3.05) is 13.2 Å². The summed E-state index contributed by atoms with van der Waals surface area (Å²) in [6, 6.07) is 5.24. The molecule has 6 nitrogen and oxygen atoms in total. The van der Waals surface area contributed by atoms with Crippen molar-refractivity contribution in [3.63, 3.8) is 0 Å². The van der Waals surface area contributed by atoms with Crippen molar-refractivity contribution in [3.05, 3.63) is 51.3 Å². The molecule has 3 aliphatic rings. The molecule has 0 saturated heterocycles. The zero-order chi connectivity index (χ0) is 21.4. The van der Waals surface area contributed by atoms with Crippen LogP contribution in [0.4, 0.5) is 0 Å². The van der Waals surface area contributed by atoms with E-state index in [2.05, 4.69) is 11.8 Å². The van der Waals surface area contributed by atoms with Gasteiger partial charge in [-0.2, -0.15) is 0 Å². The third-order valence-electron chi connectivity index (χ3n) is 6.06. The van der Waals surface area contributed by atoms with Crippen molar-refractivity contribution in [1.82, 2.24) is 4.90 Å². The van der Waals surface area contributed by atoms with Crippen LogP contribution in [-0.4, -0.2) is 35.5 Å². The highest BCUT2D eigenvalue weighted by Crippen LogP contribution is 2.49. The molecular weight excluding hydrogens is 404 g/mol. The summed E-state index contributed by atoms with van der Waals surface area (Å²) in [6.07, 6.45) is 4.33. The van der Waals surface area contributed by atoms with Gasteiger partial charge in [0.05, 0.1) is 5.02 Å². The SMILES string of the molecule is CCN1C2=C(C(=O)CCC2)C(c2ccc(OCC(N)=O)c(Cl)c2)C2=C1CCCC2=O. The van der Waals surface area contributed by atoms with E-state index in [1.807, 2.05) is 6.07 Å². The Kier molecular flexibility index (Phi) is 5.69. The third-order valence-corrected chi connectivity index (χ3v) is 6.36. The fourth-order valence-corrected chi connectivity index (χ4v) is 5.14. The summed E-state index contributed by atoms with van der Waals surface area (Å²) in [5.74, 6) is -0.434. The Bertz CT molecular complexity index is 951. The van der Waals surface area contributed by atoms with Gasteiger partial charge in [-0.15, -0.1) is 0 Å². The molecule has 1 amide bonds. The van der Waals surface area contributed by atoms with E-state index in [0.29, 0.717) is 23.6 Å². The van der Waals surface area contributed by atoms with Gasteiger partial charge in [-0.05, 0) is 50.3 Å². The van der Waals surface area contributed by atoms with Gasteiger partial charge in [-0.25, -0.2) is 0 Å². The number of nitrogens with two attached hydrogens (primary N) is 1. The summed E-state index contributed by atoms with van der Waals surface area (Å²) in [5, 5.41) is 0.322. The maximum Gasteiger partial charge on any atom is 0.255 e. The molecule has 0 fully saturated rings. The van der Waals surface area contributed by atoms with Crippen molar-refractivity contribution in [3.8, 4) is 5.75 Å². The standard InChI is InChI=1S/C23H25ClN2O4/c1-2-26-15-5-3-7-17(27)22(15)21(23-16(26)6-4-8-18(23)28)13-9-10-19(14(24)11-13)30-12-20(25)29/h9-11,21H,2-8,12H2,1H3,(H2,25,29). The van der Waals surface area contributed by atoms with Gasteiger partial charge in [-0.3, -0.25) is 14.4 Å². The molecule has 0 unspecified atom stereocenters. The number of amides is 1. The minimum atomic E-state index is -0.590. The number of carbonyl (C=O) groups is 3. The first-order valence-corrected chi connectivity index (χ1v) is 10.8. The lowest BCUT2D eigenvalue weighted by Gasteiger charge is -2.43. The van der Waals surface area contributed by atoms with Crippen LogP contribution in [0.3, 0.4) is 0 Å². The number of rotatable bonds is 5. The summed E-state index contributed by atoms with van der Waals surface area (Å²) < 4.78 is 5.36. The first kappa shape index (κ1) is 20.7. The number of allylic oxidation sites excluding steroid dienone is 4. The third kappa shape index (κ3) is 3.54. The minimum Gasteiger partial charge on any atom is -0.482 e. The van der Waals surface area contributed by atoms with E-state index in [1.54, 1.807) is 12.1 Å². The number of ketones is 2. The zero-order valence-electron chi connectivity index (χ0n) is 17.0. The second-order valence-electron chi connectivity index (χ2n) is 7.90. The molecule has 0 aromatic heterocycles. The number of Topliss-reactive ketones (excluding diaryl/α,β-unsaturated/α-hetero) is 2. The Hall–Kier alpha value is -2.60. The van der Waals surface area contributed by atoms with Crippen molar-refractivity contribution in [2.24, 2.45) is 5.73 Å². The van der Waals surface area contributed by atoms with Crippen molar-refractivity contribution >= 4 is 29.1 Å². The zero-order valence-corrected chi connectivity index (χ0v) is 17.8. The summed E-state index contributed by atoms with van der Waals surface area (Å²) >= 11 is 6.42. The molecule has 0 atom stereocenters. The number of hydrogen-bond acceptors (Lipinski definition) is 5. The van der Waals surface area contributed by atoms with E-state index in [0.717, 1.165) is 60.3 Å². The van der Waals surface area contributed by atoms with Gasteiger partial charge < -0.3 is 15.4 Å². The molecule has 7 heteroatoms. The molecule has 1 aromatic rings. The first-order chi connectivity index (χ1) is 14.4. The lowest BCUT2D eigenvalue weighted by molar-refractivity contribution is -0.120. The summed E-state index contributed by atoms with van der Waals surface area (Å²) in [4.78, 5) is 39.3. The maximum absolute atomic E-state index is 13.1. The molecular formula is C23H25ClN2O4. The first-order valence-electron chi connectivity index (χ1n) is 10.4. The molecule has 1 aromatic carbocycles. The Morgan fingerprint density at radius 1 is 1.10 bits per heavy atom. The van der Waals surface area contributed by atoms with Gasteiger partial charge in [0, 0.05) is 47.8 Å². The van der Waals surface area contributed by atoms with E-state index in [9.17, 15) is 14.4 Å². The number of ether oxygens (including phenoxy) is 1. The van der Waals surface area contributed by atoms with Crippen LogP contribution in [0.15, 0.2) is 40.7 Å². The summed E-state index contributed by atoms with van der Waals surface area (Å²) in [7, 11) is 0. The fourth-order valence-electron chi connectivity index (χ4n) is 4.89. The number of carbonyl (C=O) groups excluding carboxylic acids is 3. The number of benzene rings is 1. The maximum atomic E-state index is 13.1. The number of halogens is 1. The van der Waals surface area contributed by atoms with Crippen LogP contribution < -0.4 is 10.5 Å². The molecule has 0 spiro atoms. The van der Waals surface area contributed by atoms with Crippen LogP contribution in [0.1, 0.15) is 56.9 Å². The van der Waals surface area contributed by atoms with Gasteiger partial charge in [0.1, 0.15) is 5.75 Å². The quantitative estimate of drug-likeness (QED) is 0.773. The number of nitrogens with zero attached hydrogens (tertiary/aromatic N) is 1. The molecule has 4 rings (SSSR count). The van der Waals surface area contributed by atoms with Crippen LogP contribution in [0.2, 0.25) is 5.02 Å². The normalized spacial score (nSPS) is 19.7. The van der Waals surface area contributed by atoms with E-state index in [4.69, 9.17) is 22.1 Å². The molecule has 0 radical (unpaired) electrons. The predicted octanol–water partition coefficient (Wildman–Crippen LogP) is 3.64. The van der Waals surface area contributed by atoms with E-state index < -0.39 is 11.8 Å². The van der Waals surface area contributed by atoms with E-state index >= 15 is 0 Å². The topological polar surface area (TPSA) is 89.7 Å². The molecule has 158 valence electrons. The van der Waals surface area contributed by atoms with Gasteiger partial charge in [0.15, 0.2) is 18.2 Å². The second kappa shape index (κ2) is 8.26. The Labute approximate surface area is 180 Å². The second-order valence-corrected chi connectivity index (χ2v) is 8.30.